The number of aliphatic hydroxyl groups excluding tert-OH is 1. The van der Waals surface area contributed by atoms with E-state index < -0.39 is 11.0 Å². The van der Waals surface area contributed by atoms with Gasteiger partial charge in [-0.25, -0.2) is 0 Å². The summed E-state index contributed by atoms with van der Waals surface area (Å²) in [6.07, 6.45) is -0.839. The zero-order valence-corrected chi connectivity index (χ0v) is 7.80. The summed E-state index contributed by atoms with van der Waals surface area (Å²) >= 11 is 0. The van der Waals surface area contributed by atoms with Crippen LogP contribution < -0.4 is 5.73 Å². The van der Waals surface area contributed by atoms with E-state index in [0.29, 0.717) is 11.1 Å². The van der Waals surface area contributed by atoms with Crippen LogP contribution in [0.5, 0.6) is 0 Å². The summed E-state index contributed by atoms with van der Waals surface area (Å²) in [6, 6.07) is 4.60. The maximum atomic E-state index is 10.6. The summed E-state index contributed by atoms with van der Waals surface area (Å²) in [4.78, 5) is 10.1. The topological polar surface area (TPSA) is 89.4 Å². The van der Waals surface area contributed by atoms with E-state index in [2.05, 4.69) is 0 Å². The van der Waals surface area contributed by atoms with E-state index in [1.807, 2.05) is 0 Å². The third-order valence-corrected chi connectivity index (χ3v) is 2.04. The van der Waals surface area contributed by atoms with Crippen LogP contribution in [-0.2, 0) is 0 Å². The molecule has 5 nitrogen and oxygen atoms in total. The van der Waals surface area contributed by atoms with E-state index in [0.717, 1.165) is 0 Å². The second-order valence-electron chi connectivity index (χ2n) is 3.05. The fourth-order valence-electron chi connectivity index (χ4n) is 1.17. The van der Waals surface area contributed by atoms with E-state index in [9.17, 15) is 15.2 Å². The Bertz CT molecular complexity index is 352. The Morgan fingerprint density at radius 1 is 1.64 bits per heavy atom. The monoisotopic (exact) mass is 196 g/mol. The van der Waals surface area contributed by atoms with Crippen molar-refractivity contribution in [2.45, 2.75) is 13.0 Å². The number of aryl methyl sites for hydroxylation is 1. The Labute approximate surface area is 81.3 Å². The molecule has 0 heterocycles. The molecule has 14 heavy (non-hydrogen) atoms. The van der Waals surface area contributed by atoms with E-state index >= 15 is 0 Å². The molecule has 0 saturated heterocycles. The van der Waals surface area contributed by atoms with E-state index in [4.69, 9.17) is 5.73 Å². The summed E-state index contributed by atoms with van der Waals surface area (Å²) < 4.78 is 0. The van der Waals surface area contributed by atoms with E-state index in [1.165, 1.54) is 6.07 Å². The van der Waals surface area contributed by atoms with Crippen molar-refractivity contribution in [2.75, 3.05) is 6.54 Å². The average molecular weight is 196 g/mol. The molecular formula is C9H12N2O3. The van der Waals surface area contributed by atoms with Gasteiger partial charge in [0.2, 0.25) is 0 Å². The number of hydrogen-bond donors (Lipinski definition) is 2. The lowest BCUT2D eigenvalue weighted by molar-refractivity contribution is -0.385. The summed E-state index contributed by atoms with van der Waals surface area (Å²) in [7, 11) is 0. The van der Waals surface area contributed by atoms with Crippen LogP contribution in [0.2, 0.25) is 0 Å². The molecule has 1 atom stereocenters. The van der Waals surface area contributed by atoms with Crippen molar-refractivity contribution in [1.82, 2.24) is 0 Å². The number of nitrogens with two attached hydrogens (primary N) is 1. The molecule has 1 aromatic rings. The summed E-state index contributed by atoms with van der Waals surface area (Å²) in [5.74, 6) is 0. The predicted octanol–water partition coefficient (Wildman–Crippen LogP) is 0.895. The normalized spacial score (nSPS) is 12.5. The highest BCUT2D eigenvalue weighted by molar-refractivity contribution is 5.43. The second kappa shape index (κ2) is 4.17. The molecule has 0 bridgehead atoms. The molecule has 76 valence electrons. The number of benzene rings is 1. The third kappa shape index (κ3) is 2.07. The minimum absolute atomic E-state index is 0.00926. The maximum absolute atomic E-state index is 10.6. The number of hydrogen-bond acceptors (Lipinski definition) is 4. The maximum Gasteiger partial charge on any atom is 0.272 e. The Hall–Kier alpha value is -1.46. The van der Waals surface area contributed by atoms with Crippen LogP contribution in [0, 0.1) is 17.0 Å². The highest BCUT2D eigenvalue weighted by atomic mass is 16.6. The number of aliphatic hydroxyl groups is 1. The molecule has 1 aromatic carbocycles. The van der Waals surface area contributed by atoms with Gasteiger partial charge in [-0.2, -0.15) is 0 Å². The van der Waals surface area contributed by atoms with Gasteiger partial charge in [-0.1, -0.05) is 12.1 Å². The first-order valence-electron chi connectivity index (χ1n) is 4.19. The summed E-state index contributed by atoms with van der Waals surface area (Å²) in [5.41, 5.74) is 6.31. The second-order valence-corrected chi connectivity index (χ2v) is 3.05. The zero-order chi connectivity index (χ0) is 10.7. The van der Waals surface area contributed by atoms with Gasteiger partial charge in [0.1, 0.15) is 0 Å². The first-order chi connectivity index (χ1) is 6.56. The molecule has 0 spiro atoms. The Kier molecular flexibility index (Phi) is 3.16. The van der Waals surface area contributed by atoms with Gasteiger partial charge in [-0.3, -0.25) is 10.1 Å². The Balaban J connectivity index is 3.12. The van der Waals surface area contributed by atoms with E-state index in [-0.39, 0.29) is 12.2 Å². The number of rotatable bonds is 3. The molecule has 1 rings (SSSR count). The fraction of sp³-hybridized carbons (Fsp3) is 0.333. The molecule has 0 aliphatic heterocycles. The van der Waals surface area contributed by atoms with Gasteiger partial charge in [-0.15, -0.1) is 0 Å². The van der Waals surface area contributed by atoms with Gasteiger partial charge in [0.05, 0.1) is 11.0 Å². The van der Waals surface area contributed by atoms with Crippen molar-refractivity contribution < 1.29 is 10.0 Å². The van der Waals surface area contributed by atoms with Crippen LogP contribution in [0.25, 0.3) is 0 Å². The van der Waals surface area contributed by atoms with Crippen LogP contribution in [0.15, 0.2) is 18.2 Å². The highest BCUT2D eigenvalue weighted by Gasteiger charge is 2.14. The first-order valence-corrected chi connectivity index (χ1v) is 4.19. The third-order valence-electron chi connectivity index (χ3n) is 2.04. The molecular weight excluding hydrogens is 184 g/mol. The quantitative estimate of drug-likeness (QED) is 0.555. The average Bonchev–Trinajstić information content (AvgIpc) is 2.17. The van der Waals surface area contributed by atoms with Crippen molar-refractivity contribution in [3.8, 4) is 0 Å². The molecule has 3 N–H and O–H groups in total. The molecule has 0 aromatic heterocycles. The van der Waals surface area contributed by atoms with Crippen molar-refractivity contribution in [3.05, 3.63) is 39.4 Å². The minimum Gasteiger partial charge on any atom is -0.387 e. The molecule has 0 fully saturated rings. The highest BCUT2D eigenvalue weighted by Crippen LogP contribution is 2.22. The lowest BCUT2D eigenvalue weighted by atomic mass is 10.1. The lowest BCUT2D eigenvalue weighted by Crippen LogP contribution is -2.11. The molecule has 5 heteroatoms. The Morgan fingerprint density at radius 3 is 2.79 bits per heavy atom. The van der Waals surface area contributed by atoms with Gasteiger partial charge in [0.15, 0.2) is 0 Å². The van der Waals surface area contributed by atoms with Crippen LogP contribution >= 0.6 is 0 Å². The molecule has 1 unspecified atom stereocenters. The van der Waals surface area contributed by atoms with Crippen molar-refractivity contribution in [2.24, 2.45) is 5.73 Å². The molecule has 0 amide bonds. The first kappa shape index (κ1) is 10.6. The minimum atomic E-state index is -0.839. The van der Waals surface area contributed by atoms with E-state index in [1.54, 1.807) is 19.1 Å². The van der Waals surface area contributed by atoms with Gasteiger partial charge < -0.3 is 10.8 Å². The van der Waals surface area contributed by atoms with Gasteiger partial charge in [-0.05, 0) is 12.5 Å². The standard InChI is InChI=1S/C9H12N2O3/c1-6-2-3-7(9(12)5-10)4-8(6)11(13)14/h2-4,9,12H,5,10H2,1H3. The number of nitro benzene ring substituents is 1. The van der Waals surface area contributed by atoms with Crippen LogP contribution in [-0.4, -0.2) is 16.6 Å². The lowest BCUT2D eigenvalue weighted by Gasteiger charge is -2.08. The summed E-state index contributed by atoms with van der Waals surface area (Å²) in [5, 5.41) is 20.0. The Morgan fingerprint density at radius 2 is 2.29 bits per heavy atom. The molecule has 0 aliphatic carbocycles. The predicted molar refractivity (Wildman–Crippen MR) is 51.8 cm³/mol. The number of nitrogens with zero attached hydrogens (tertiary/aromatic N) is 1. The van der Waals surface area contributed by atoms with Crippen LogP contribution in [0.1, 0.15) is 17.2 Å². The van der Waals surface area contributed by atoms with Crippen molar-refractivity contribution >= 4 is 5.69 Å². The SMILES string of the molecule is Cc1ccc(C(O)CN)cc1[N+](=O)[O-]. The fourth-order valence-corrected chi connectivity index (χ4v) is 1.17. The van der Waals surface area contributed by atoms with Crippen LogP contribution in [0.3, 0.4) is 0 Å². The van der Waals surface area contributed by atoms with Gasteiger partial charge >= 0.3 is 0 Å². The molecule has 0 aliphatic rings. The van der Waals surface area contributed by atoms with Gasteiger partial charge in [0, 0.05) is 18.2 Å². The van der Waals surface area contributed by atoms with Gasteiger partial charge in [0.25, 0.3) is 5.69 Å². The zero-order valence-electron chi connectivity index (χ0n) is 7.80. The number of nitro groups is 1. The van der Waals surface area contributed by atoms with Crippen molar-refractivity contribution in [1.29, 1.82) is 0 Å². The largest absolute Gasteiger partial charge is 0.387 e. The molecule has 0 radical (unpaired) electrons. The summed E-state index contributed by atoms with van der Waals surface area (Å²) in [6.45, 7) is 1.71. The smallest absolute Gasteiger partial charge is 0.272 e. The molecule has 0 saturated carbocycles. The van der Waals surface area contributed by atoms with Crippen LogP contribution in [0.4, 0.5) is 5.69 Å². The van der Waals surface area contributed by atoms with Crippen molar-refractivity contribution in [3.63, 3.8) is 0 Å².